The Morgan fingerprint density at radius 3 is 2.71 bits per heavy atom. The molecule has 0 aliphatic heterocycles. The Kier molecular flexibility index (Phi) is 4.56. The summed E-state index contributed by atoms with van der Waals surface area (Å²) >= 11 is 1.29. The van der Waals surface area contributed by atoms with Gasteiger partial charge in [-0.3, -0.25) is 4.79 Å². The monoisotopic (exact) mass is 416 g/mol. The fourth-order valence-electron chi connectivity index (χ4n) is 2.88. The van der Waals surface area contributed by atoms with Crippen LogP contribution in [0.15, 0.2) is 47.3 Å². The fourth-order valence-corrected chi connectivity index (χ4v) is 4.33. The van der Waals surface area contributed by atoms with Gasteiger partial charge in [0.1, 0.15) is 0 Å². The second kappa shape index (κ2) is 6.92. The van der Waals surface area contributed by atoms with Crippen molar-refractivity contribution in [1.82, 2.24) is 9.38 Å². The van der Waals surface area contributed by atoms with E-state index in [1.54, 1.807) is 29.5 Å². The van der Waals surface area contributed by atoms with Crippen LogP contribution in [0.1, 0.15) is 12.5 Å². The number of nitrogens with zero attached hydrogens (tertiary/aromatic N) is 2. The molecule has 0 radical (unpaired) electrons. The normalized spacial score (nSPS) is 12.7. The molecule has 28 heavy (non-hydrogen) atoms. The molecule has 2 heterocycles. The van der Waals surface area contributed by atoms with E-state index in [1.165, 1.54) is 17.4 Å². The third-order valence-electron chi connectivity index (χ3n) is 3.95. The molecule has 0 aliphatic rings. The van der Waals surface area contributed by atoms with Gasteiger partial charge in [0.15, 0.2) is 16.5 Å². The zero-order valence-corrected chi connectivity index (χ0v) is 16.7. The van der Waals surface area contributed by atoms with Gasteiger partial charge < -0.3 is 8.92 Å². The summed E-state index contributed by atoms with van der Waals surface area (Å²) in [6, 6.07) is 12.3. The number of fused-ring (bicyclic) bond motifs is 3. The molecule has 0 saturated carbocycles. The molecule has 0 amide bonds. The number of para-hydroxylation sites is 2. The van der Waals surface area contributed by atoms with Gasteiger partial charge in [-0.25, -0.2) is 9.38 Å². The first-order chi connectivity index (χ1) is 13.4. The molecule has 0 aliphatic carbocycles. The van der Waals surface area contributed by atoms with Gasteiger partial charge in [-0.15, -0.1) is 0 Å². The lowest BCUT2D eigenvalue weighted by Crippen LogP contribution is -2.22. The number of hydrogen-bond donors (Lipinski definition) is 0. The van der Waals surface area contributed by atoms with E-state index in [0.29, 0.717) is 27.4 Å². The van der Waals surface area contributed by atoms with Gasteiger partial charge in [-0.1, -0.05) is 29.5 Å². The Balaban J connectivity index is 1.83. The average molecular weight is 416 g/mol. The highest BCUT2D eigenvalue weighted by molar-refractivity contribution is 7.86. The minimum atomic E-state index is -3.68. The van der Waals surface area contributed by atoms with Gasteiger partial charge in [0, 0.05) is 0 Å². The Morgan fingerprint density at radius 1 is 1.18 bits per heavy atom. The lowest BCUT2D eigenvalue weighted by atomic mass is 10.2. The predicted molar refractivity (Wildman–Crippen MR) is 109 cm³/mol. The van der Waals surface area contributed by atoms with Crippen LogP contribution in [0.25, 0.3) is 22.1 Å². The summed E-state index contributed by atoms with van der Waals surface area (Å²) < 4.78 is 35.4. The highest BCUT2D eigenvalue weighted by atomic mass is 32.2. The predicted octanol–water partition coefficient (Wildman–Crippen LogP) is 2.19. The van der Waals surface area contributed by atoms with Crippen molar-refractivity contribution < 1.29 is 17.3 Å². The molecule has 0 N–H and O–H groups in total. The third-order valence-corrected chi connectivity index (χ3v) is 5.40. The minimum absolute atomic E-state index is 0.107. The second-order valence-electron chi connectivity index (χ2n) is 6.06. The lowest BCUT2D eigenvalue weighted by molar-refractivity contribution is 0.328. The molecule has 4 aromatic rings. The van der Waals surface area contributed by atoms with Gasteiger partial charge in [-0.2, -0.15) is 8.42 Å². The van der Waals surface area contributed by atoms with Gasteiger partial charge in [0.05, 0.1) is 28.4 Å². The average Bonchev–Trinajstić information content (AvgIpc) is 3.13. The van der Waals surface area contributed by atoms with Crippen molar-refractivity contribution in [1.29, 1.82) is 0 Å². The van der Waals surface area contributed by atoms with Crippen molar-refractivity contribution >= 4 is 43.5 Å². The number of thiazole rings is 1. The quantitative estimate of drug-likeness (QED) is 0.464. The van der Waals surface area contributed by atoms with Crippen LogP contribution >= 0.6 is 11.3 Å². The molecule has 0 unspecified atom stereocenters. The van der Waals surface area contributed by atoms with Crippen LogP contribution in [-0.4, -0.2) is 30.7 Å². The molecule has 144 valence electrons. The summed E-state index contributed by atoms with van der Waals surface area (Å²) in [4.78, 5) is 18.0. The van der Waals surface area contributed by atoms with Crippen LogP contribution in [0.5, 0.6) is 11.5 Å². The van der Waals surface area contributed by atoms with Crippen molar-refractivity contribution in [3.63, 3.8) is 0 Å². The molecular formula is C19H16N2O5S2. The molecule has 2 aromatic heterocycles. The summed E-state index contributed by atoms with van der Waals surface area (Å²) in [6.45, 7) is 2.13. The Morgan fingerprint density at radius 2 is 1.96 bits per heavy atom. The van der Waals surface area contributed by atoms with E-state index in [2.05, 4.69) is 4.98 Å². The molecule has 4 rings (SSSR count). The summed E-state index contributed by atoms with van der Waals surface area (Å²) in [5.41, 5.74) is 2.09. The van der Waals surface area contributed by atoms with E-state index >= 15 is 0 Å². The maximum absolute atomic E-state index is 12.8. The van der Waals surface area contributed by atoms with E-state index in [0.717, 1.165) is 17.3 Å². The highest BCUT2D eigenvalue weighted by Gasteiger charge is 2.13. The SMILES string of the molecule is CCOc1cc(C=c2sc3nc4ccccc4n3c2=O)ccc1OS(C)(=O)=O. The zero-order valence-electron chi connectivity index (χ0n) is 15.1. The van der Waals surface area contributed by atoms with Crippen LogP contribution in [0.2, 0.25) is 0 Å². The first kappa shape index (κ1) is 18.5. The van der Waals surface area contributed by atoms with Crippen molar-refractivity contribution in [2.24, 2.45) is 0 Å². The van der Waals surface area contributed by atoms with E-state index < -0.39 is 10.1 Å². The van der Waals surface area contributed by atoms with E-state index in [4.69, 9.17) is 8.92 Å². The van der Waals surface area contributed by atoms with E-state index in [9.17, 15) is 13.2 Å². The molecule has 7 nitrogen and oxygen atoms in total. The van der Waals surface area contributed by atoms with E-state index in [1.807, 2.05) is 24.3 Å². The highest BCUT2D eigenvalue weighted by Crippen LogP contribution is 2.30. The maximum Gasteiger partial charge on any atom is 0.306 e. The van der Waals surface area contributed by atoms with Crippen LogP contribution in [0.3, 0.4) is 0 Å². The number of imidazole rings is 1. The standard InChI is InChI=1S/C19H16N2O5S2/c1-3-25-16-10-12(8-9-15(16)26-28(2,23)24)11-17-18(22)21-14-7-5-4-6-13(14)20-19(21)27-17/h4-11H,3H2,1-2H3. The fraction of sp³-hybridized carbons (Fsp3) is 0.158. The largest absolute Gasteiger partial charge is 0.490 e. The second-order valence-corrected chi connectivity index (χ2v) is 8.64. The minimum Gasteiger partial charge on any atom is -0.490 e. The Bertz CT molecular complexity index is 1400. The zero-order chi connectivity index (χ0) is 19.9. The number of benzene rings is 2. The third kappa shape index (κ3) is 3.46. The first-order valence-electron chi connectivity index (χ1n) is 8.44. The summed E-state index contributed by atoms with van der Waals surface area (Å²) in [7, 11) is -3.68. The summed E-state index contributed by atoms with van der Waals surface area (Å²) in [5.74, 6) is 0.400. The van der Waals surface area contributed by atoms with Gasteiger partial charge in [0.25, 0.3) is 5.56 Å². The van der Waals surface area contributed by atoms with Crippen LogP contribution in [0, 0.1) is 0 Å². The molecule has 0 saturated heterocycles. The molecule has 0 bridgehead atoms. The molecule has 0 spiro atoms. The van der Waals surface area contributed by atoms with Gasteiger partial charge >= 0.3 is 10.1 Å². The maximum atomic E-state index is 12.8. The lowest BCUT2D eigenvalue weighted by Gasteiger charge is -2.10. The molecule has 0 atom stereocenters. The van der Waals surface area contributed by atoms with Gasteiger partial charge in [-0.05, 0) is 42.8 Å². The molecule has 9 heteroatoms. The Labute approximate surface area is 164 Å². The van der Waals surface area contributed by atoms with Crippen molar-refractivity contribution in [2.75, 3.05) is 12.9 Å². The molecule has 2 aromatic carbocycles. The Hall–Kier alpha value is -2.91. The van der Waals surface area contributed by atoms with Crippen LogP contribution in [-0.2, 0) is 10.1 Å². The topological polar surface area (TPSA) is 87.0 Å². The number of aromatic nitrogens is 2. The summed E-state index contributed by atoms with van der Waals surface area (Å²) in [6.07, 6.45) is 2.70. The van der Waals surface area contributed by atoms with Crippen molar-refractivity contribution in [3.05, 3.63) is 62.9 Å². The number of rotatable bonds is 5. The summed E-state index contributed by atoms with van der Waals surface area (Å²) in [5, 5.41) is 0. The number of hydrogen-bond acceptors (Lipinski definition) is 7. The molecular weight excluding hydrogens is 400 g/mol. The van der Waals surface area contributed by atoms with Crippen molar-refractivity contribution in [3.8, 4) is 11.5 Å². The van der Waals surface area contributed by atoms with Crippen LogP contribution < -0.4 is 19.0 Å². The van der Waals surface area contributed by atoms with Crippen LogP contribution in [0.4, 0.5) is 0 Å². The van der Waals surface area contributed by atoms with Crippen molar-refractivity contribution in [2.45, 2.75) is 6.92 Å². The smallest absolute Gasteiger partial charge is 0.306 e. The molecule has 0 fully saturated rings. The van der Waals surface area contributed by atoms with Gasteiger partial charge in [0.2, 0.25) is 0 Å². The van der Waals surface area contributed by atoms with E-state index in [-0.39, 0.29) is 11.3 Å². The first-order valence-corrected chi connectivity index (χ1v) is 11.1. The number of ether oxygens (including phenoxy) is 1.